The summed E-state index contributed by atoms with van der Waals surface area (Å²) in [5.74, 6) is -0.0819. The average Bonchev–Trinajstić information content (AvgIpc) is 2.85. The highest BCUT2D eigenvalue weighted by molar-refractivity contribution is 6.08. The molecule has 5 rings (SSSR count). The van der Waals surface area contributed by atoms with E-state index < -0.39 is 0 Å². The largest absolute Gasteiger partial charge is 0.378 e. The number of piperidine rings is 1. The summed E-state index contributed by atoms with van der Waals surface area (Å²) >= 11 is 0. The van der Waals surface area contributed by atoms with Crippen LogP contribution in [0.3, 0.4) is 0 Å². The van der Waals surface area contributed by atoms with Gasteiger partial charge < -0.3 is 24.8 Å². The maximum absolute atomic E-state index is 13.0. The number of anilines is 3. The minimum atomic E-state index is -0.165. The molecule has 3 heterocycles. The third-order valence-corrected chi connectivity index (χ3v) is 6.73. The molecule has 0 aliphatic carbocycles. The van der Waals surface area contributed by atoms with Crippen molar-refractivity contribution in [3.63, 3.8) is 0 Å². The highest BCUT2D eigenvalue weighted by Crippen LogP contribution is 2.36. The molecule has 1 atom stereocenters. The first-order valence-electron chi connectivity index (χ1n) is 11.6. The van der Waals surface area contributed by atoms with E-state index in [0.29, 0.717) is 11.1 Å². The third kappa shape index (κ3) is 3.81. The summed E-state index contributed by atoms with van der Waals surface area (Å²) in [6.07, 6.45) is 3.26. The SMILES string of the molecule is CCN1c2cc(C(=O)Nc3ccc(N4CCOCC4)cc3)ccc2C(=O)N2CCCC[C@@H]21. The Labute approximate surface area is 188 Å². The van der Waals surface area contributed by atoms with Crippen LogP contribution in [0.1, 0.15) is 46.9 Å². The van der Waals surface area contributed by atoms with Crippen molar-refractivity contribution in [1.29, 1.82) is 0 Å². The number of benzene rings is 2. The Morgan fingerprint density at radius 1 is 1.06 bits per heavy atom. The lowest BCUT2D eigenvalue weighted by Crippen LogP contribution is -2.57. The lowest BCUT2D eigenvalue weighted by atomic mass is 9.97. The molecule has 0 bridgehead atoms. The van der Waals surface area contributed by atoms with Crippen molar-refractivity contribution in [1.82, 2.24) is 4.90 Å². The second-order valence-corrected chi connectivity index (χ2v) is 8.59. The predicted molar refractivity (Wildman–Crippen MR) is 126 cm³/mol. The second-order valence-electron chi connectivity index (χ2n) is 8.59. The Balaban J connectivity index is 1.34. The summed E-state index contributed by atoms with van der Waals surface area (Å²) in [7, 11) is 0. The second kappa shape index (κ2) is 8.82. The molecule has 2 aromatic rings. The smallest absolute Gasteiger partial charge is 0.257 e. The molecule has 3 aliphatic rings. The van der Waals surface area contributed by atoms with Gasteiger partial charge in [0, 0.05) is 43.1 Å². The molecule has 1 N–H and O–H groups in total. The van der Waals surface area contributed by atoms with Crippen LogP contribution in [0.15, 0.2) is 42.5 Å². The van der Waals surface area contributed by atoms with E-state index in [1.807, 2.05) is 41.3 Å². The minimum absolute atomic E-state index is 0.0834. The summed E-state index contributed by atoms with van der Waals surface area (Å²) < 4.78 is 5.41. The zero-order chi connectivity index (χ0) is 22.1. The average molecular weight is 435 g/mol. The summed E-state index contributed by atoms with van der Waals surface area (Å²) in [4.78, 5) is 32.6. The molecule has 7 nitrogen and oxygen atoms in total. The van der Waals surface area contributed by atoms with Gasteiger partial charge in [0.25, 0.3) is 11.8 Å². The summed E-state index contributed by atoms with van der Waals surface area (Å²) in [6, 6.07) is 13.4. The Morgan fingerprint density at radius 3 is 2.59 bits per heavy atom. The van der Waals surface area contributed by atoms with Crippen molar-refractivity contribution >= 4 is 28.9 Å². The fourth-order valence-electron chi connectivity index (χ4n) is 5.04. The van der Waals surface area contributed by atoms with Crippen LogP contribution in [0.4, 0.5) is 17.1 Å². The molecule has 3 aliphatic heterocycles. The van der Waals surface area contributed by atoms with Gasteiger partial charge in [-0.1, -0.05) is 0 Å². The number of nitrogens with one attached hydrogen (secondary N) is 1. The van der Waals surface area contributed by atoms with Gasteiger partial charge in [-0.15, -0.1) is 0 Å². The van der Waals surface area contributed by atoms with Gasteiger partial charge in [0.1, 0.15) is 6.17 Å². The molecular formula is C25H30N4O3. The standard InChI is InChI=1S/C25H30N4O3/c1-2-28-22-17-18(6-11-21(22)25(31)29-12-4-3-5-23(28)29)24(30)26-19-7-9-20(10-8-19)27-13-15-32-16-14-27/h6-11,17,23H,2-5,12-16H2,1H3,(H,26,30)/t23-/m1/s1. The molecule has 7 heteroatoms. The van der Waals surface area contributed by atoms with Crippen molar-refractivity contribution in [2.75, 3.05) is 54.5 Å². The monoisotopic (exact) mass is 434 g/mol. The zero-order valence-corrected chi connectivity index (χ0v) is 18.5. The van der Waals surface area contributed by atoms with Crippen LogP contribution in [-0.4, -0.2) is 62.3 Å². The Kier molecular flexibility index (Phi) is 5.74. The number of carbonyl (C=O) groups excluding carboxylic acids is 2. The minimum Gasteiger partial charge on any atom is -0.378 e. The highest BCUT2D eigenvalue weighted by Gasteiger charge is 2.38. The van der Waals surface area contributed by atoms with E-state index in [2.05, 4.69) is 22.0 Å². The molecule has 0 spiro atoms. The molecule has 0 saturated carbocycles. The predicted octanol–water partition coefficient (Wildman–Crippen LogP) is 3.57. The van der Waals surface area contributed by atoms with Crippen molar-refractivity contribution < 1.29 is 14.3 Å². The van der Waals surface area contributed by atoms with E-state index in [-0.39, 0.29) is 18.0 Å². The summed E-state index contributed by atoms with van der Waals surface area (Å²) in [5, 5.41) is 3.00. The van der Waals surface area contributed by atoms with Crippen LogP contribution in [-0.2, 0) is 4.74 Å². The summed E-state index contributed by atoms with van der Waals surface area (Å²) in [6.45, 7) is 6.96. The number of fused-ring (bicyclic) bond motifs is 2. The number of morpholine rings is 1. The number of ether oxygens (including phenoxy) is 1. The first-order chi connectivity index (χ1) is 15.7. The van der Waals surface area contributed by atoms with Crippen LogP contribution in [0.2, 0.25) is 0 Å². The number of amides is 2. The normalized spacial score (nSPS) is 20.6. The Hall–Kier alpha value is -3.06. The zero-order valence-electron chi connectivity index (χ0n) is 18.5. The van der Waals surface area contributed by atoms with Crippen molar-refractivity contribution in [3.8, 4) is 0 Å². The van der Waals surface area contributed by atoms with Gasteiger partial charge in [0.2, 0.25) is 0 Å². The topological polar surface area (TPSA) is 65.1 Å². The highest BCUT2D eigenvalue weighted by atomic mass is 16.5. The Morgan fingerprint density at radius 2 is 1.84 bits per heavy atom. The first kappa shape index (κ1) is 20.8. The van der Waals surface area contributed by atoms with E-state index in [1.165, 1.54) is 0 Å². The van der Waals surface area contributed by atoms with E-state index >= 15 is 0 Å². The van der Waals surface area contributed by atoms with Gasteiger partial charge >= 0.3 is 0 Å². The lowest BCUT2D eigenvalue weighted by Gasteiger charge is -2.47. The van der Waals surface area contributed by atoms with Gasteiger partial charge in [0.05, 0.1) is 24.5 Å². The Bertz CT molecular complexity index is 1000. The van der Waals surface area contributed by atoms with E-state index in [0.717, 1.165) is 75.7 Å². The van der Waals surface area contributed by atoms with Crippen molar-refractivity contribution in [3.05, 3.63) is 53.6 Å². The van der Waals surface area contributed by atoms with Crippen LogP contribution >= 0.6 is 0 Å². The molecule has 0 radical (unpaired) electrons. The van der Waals surface area contributed by atoms with Crippen LogP contribution in [0.5, 0.6) is 0 Å². The molecular weight excluding hydrogens is 404 g/mol. The van der Waals surface area contributed by atoms with Gasteiger partial charge in [-0.3, -0.25) is 9.59 Å². The van der Waals surface area contributed by atoms with E-state index in [9.17, 15) is 9.59 Å². The molecule has 168 valence electrons. The maximum atomic E-state index is 13.0. The molecule has 0 unspecified atom stereocenters. The third-order valence-electron chi connectivity index (χ3n) is 6.73. The van der Waals surface area contributed by atoms with Gasteiger partial charge in [-0.25, -0.2) is 0 Å². The van der Waals surface area contributed by atoms with Crippen LogP contribution < -0.4 is 15.1 Å². The maximum Gasteiger partial charge on any atom is 0.257 e. The molecule has 0 aromatic heterocycles. The fourth-order valence-corrected chi connectivity index (χ4v) is 5.04. The quantitative estimate of drug-likeness (QED) is 0.797. The van der Waals surface area contributed by atoms with E-state index in [4.69, 9.17) is 4.74 Å². The molecule has 2 aromatic carbocycles. The molecule has 2 fully saturated rings. The van der Waals surface area contributed by atoms with Crippen LogP contribution in [0.25, 0.3) is 0 Å². The van der Waals surface area contributed by atoms with Gasteiger partial charge in [-0.05, 0) is 68.7 Å². The van der Waals surface area contributed by atoms with Gasteiger partial charge in [-0.2, -0.15) is 0 Å². The number of hydrogen-bond donors (Lipinski definition) is 1. The van der Waals surface area contributed by atoms with Crippen LogP contribution in [0, 0.1) is 0 Å². The molecule has 2 amide bonds. The summed E-state index contributed by atoms with van der Waals surface area (Å²) in [5.41, 5.74) is 4.02. The number of hydrogen-bond acceptors (Lipinski definition) is 5. The van der Waals surface area contributed by atoms with Crippen molar-refractivity contribution in [2.45, 2.75) is 32.4 Å². The number of carbonyl (C=O) groups is 2. The first-order valence-corrected chi connectivity index (χ1v) is 11.6. The molecule has 32 heavy (non-hydrogen) atoms. The van der Waals surface area contributed by atoms with Crippen molar-refractivity contribution in [2.24, 2.45) is 0 Å². The fraction of sp³-hybridized carbons (Fsp3) is 0.440. The van der Waals surface area contributed by atoms with E-state index in [1.54, 1.807) is 6.07 Å². The molecule has 2 saturated heterocycles. The van der Waals surface area contributed by atoms with Gasteiger partial charge in [0.15, 0.2) is 0 Å². The number of nitrogens with zero attached hydrogens (tertiary/aromatic N) is 3. The lowest BCUT2D eigenvalue weighted by molar-refractivity contribution is 0.0582. The number of rotatable bonds is 4.